The van der Waals surface area contributed by atoms with Crippen LogP contribution in [-0.2, 0) is 0 Å². The molecule has 2 rings (SSSR count). The molecule has 2 heterocycles. The molecule has 0 aromatic carbocycles. The summed E-state index contributed by atoms with van der Waals surface area (Å²) in [4.78, 5) is 13.4. The molecule has 5 nitrogen and oxygen atoms in total. The lowest BCUT2D eigenvalue weighted by molar-refractivity contribution is 0.249. The maximum absolute atomic E-state index is 4.32. The van der Waals surface area contributed by atoms with Crippen LogP contribution in [0, 0.1) is 5.92 Å². The Kier molecular flexibility index (Phi) is 5.73. The van der Waals surface area contributed by atoms with Gasteiger partial charge < -0.3 is 10.2 Å². The predicted octanol–water partition coefficient (Wildman–Crippen LogP) is 1.23. The summed E-state index contributed by atoms with van der Waals surface area (Å²) in [5.74, 6) is 1.56. The van der Waals surface area contributed by atoms with Gasteiger partial charge in [0.25, 0.3) is 0 Å². The number of rotatable bonds is 6. The molecule has 0 saturated carbocycles. The van der Waals surface area contributed by atoms with Crippen molar-refractivity contribution < 1.29 is 0 Å². The quantitative estimate of drug-likeness (QED) is 0.847. The van der Waals surface area contributed by atoms with Gasteiger partial charge in [0, 0.05) is 57.7 Å². The molecule has 1 fully saturated rings. The number of hydrogen-bond donors (Lipinski definition) is 1. The van der Waals surface area contributed by atoms with E-state index in [-0.39, 0.29) is 0 Å². The van der Waals surface area contributed by atoms with Crippen molar-refractivity contribution >= 4 is 5.95 Å². The molecule has 0 bridgehead atoms. The smallest absolute Gasteiger partial charge is 0.225 e. The zero-order valence-electron chi connectivity index (χ0n) is 12.9. The number of piperazine rings is 1. The Hall–Kier alpha value is -1.20. The third-order valence-corrected chi connectivity index (χ3v) is 4.10. The number of nitrogens with one attached hydrogen (secondary N) is 1. The summed E-state index contributed by atoms with van der Waals surface area (Å²) < 4.78 is 0. The summed E-state index contributed by atoms with van der Waals surface area (Å²) in [7, 11) is 0. The summed E-state index contributed by atoms with van der Waals surface area (Å²) in [5, 5.41) is 3.59. The van der Waals surface area contributed by atoms with Crippen LogP contribution in [0.4, 0.5) is 5.95 Å². The maximum Gasteiger partial charge on any atom is 0.225 e. The molecule has 1 aromatic rings. The van der Waals surface area contributed by atoms with Gasteiger partial charge in [-0.05, 0) is 18.9 Å². The van der Waals surface area contributed by atoms with Crippen molar-refractivity contribution in [3.05, 3.63) is 18.5 Å². The number of anilines is 1. The van der Waals surface area contributed by atoms with Gasteiger partial charge in [-0.2, -0.15) is 0 Å². The highest BCUT2D eigenvalue weighted by Gasteiger charge is 2.18. The van der Waals surface area contributed by atoms with Gasteiger partial charge in [0.15, 0.2) is 0 Å². The predicted molar refractivity (Wildman–Crippen MR) is 83.0 cm³/mol. The van der Waals surface area contributed by atoms with Crippen molar-refractivity contribution in [2.75, 3.05) is 44.2 Å². The van der Waals surface area contributed by atoms with Crippen LogP contribution >= 0.6 is 0 Å². The van der Waals surface area contributed by atoms with E-state index in [1.165, 1.54) is 0 Å². The van der Waals surface area contributed by atoms with Crippen LogP contribution in [0.2, 0.25) is 0 Å². The Labute approximate surface area is 122 Å². The summed E-state index contributed by atoms with van der Waals surface area (Å²) in [6.45, 7) is 13.2. The van der Waals surface area contributed by atoms with Crippen LogP contribution in [0.3, 0.4) is 0 Å². The van der Waals surface area contributed by atoms with Gasteiger partial charge in [0.2, 0.25) is 5.95 Å². The lowest BCUT2D eigenvalue weighted by Crippen LogP contribution is -2.49. The van der Waals surface area contributed by atoms with E-state index in [0.717, 1.165) is 45.2 Å². The molecule has 20 heavy (non-hydrogen) atoms. The van der Waals surface area contributed by atoms with Gasteiger partial charge in [-0.1, -0.05) is 13.8 Å². The molecule has 0 amide bonds. The number of nitrogens with zero attached hydrogens (tertiary/aromatic N) is 4. The van der Waals surface area contributed by atoms with E-state index in [1.54, 1.807) is 0 Å². The summed E-state index contributed by atoms with van der Waals surface area (Å²) in [6, 6.07) is 2.45. The molecule has 112 valence electrons. The van der Waals surface area contributed by atoms with Crippen LogP contribution < -0.4 is 10.2 Å². The third kappa shape index (κ3) is 4.42. The molecule has 5 heteroatoms. The fourth-order valence-electron chi connectivity index (χ4n) is 2.31. The van der Waals surface area contributed by atoms with Crippen LogP contribution in [0.15, 0.2) is 18.5 Å². The second-order valence-corrected chi connectivity index (χ2v) is 5.86. The average molecular weight is 277 g/mol. The lowest BCUT2D eigenvalue weighted by atomic mass is 10.1. The van der Waals surface area contributed by atoms with Gasteiger partial charge in [-0.15, -0.1) is 0 Å². The summed E-state index contributed by atoms with van der Waals surface area (Å²) in [5.41, 5.74) is 0. The molecule has 1 aliphatic rings. The Morgan fingerprint density at radius 1 is 1.10 bits per heavy atom. The lowest BCUT2D eigenvalue weighted by Gasteiger charge is -2.35. The van der Waals surface area contributed by atoms with Crippen molar-refractivity contribution in [3.63, 3.8) is 0 Å². The average Bonchev–Trinajstić information content (AvgIpc) is 2.48. The van der Waals surface area contributed by atoms with Gasteiger partial charge >= 0.3 is 0 Å². The van der Waals surface area contributed by atoms with E-state index < -0.39 is 0 Å². The third-order valence-electron chi connectivity index (χ3n) is 4.10. The number of hydrogen-bond acceptors (Lipinski definition) is 5. The normalized spacial score (nSPS) is 18.5. The van der Waals surface area contributed by atoms with Gasteiger partial charge in [0.1, 0.15) is 0 Å². The Morgan fingerprint density at radius 3 is 2.35 bits per heavy atom. The van der Waals surface area contributed by atoms with E-state index in [0.29, 0.717) is 12.0 Å². The van der Waals surface area contributed by atoms with Crippen molar-refractivity contribution in [3.8, 4) is 0 Å². The second kappa shape index (κ2) is 7.55. The van der Waals surface area contributed by atoms with Gasteiger partial charge in [-0.3, -0.25) is 4.90 Å². The largest absolute Gasteiger partial charge is 0.338 e. The van der Waals surface area contributed by atoms with Crippen LogP contribution in [-0.4, -0.2) is 60.2 Å². The zero-order chi connectivity index (χ0) is 14.4. The number of aromatic nitrogens is 2. The fraction of sp³-hybridized carbons (Fsp3) is 0.733. The van der Waals surface area contributed by atoms with E-state index in [9.17, 15) is 0 Å². The minimum absolute atomic E-state index is 0.592. The van der Waals surface area contributed by atoms with Gasteiger partial charge in [-0.25, -0.2) is 9.97 Å². The SMILES string of the molecule is CC(C)C(C)NCCN1CCN(c2ncccn2)CC1. The highest BCUT2D eigenvalue weighted by molar-refractivity contribution is 5.29. The van der Waals surface area contributed by atoms with Crippen molar-refractivity contribution in [2.45, 2.75) is 26.8 Å². The van der Waals surface area contributed by atoms with E-state index in [2.05, 4.69) is 45.9 Å². The monoisotopic (exact) mass is 277 g/mol. The Bertz CT molecular complexity index is 373. The van der Waals surface area contributed by atoms with E-state index in [1.807, 2.05) is 18.5 Å². The highest BCUT2D eigenvalue weighted by Crippen LogP contribution is 2.09. The molecule has 0 aliphatic carbocycles. The fourth-order valence-corrected chi connectivity index (χ4v) is 2.31. The molecular formula is C15H27N5. The molecule has 0 spiro atoms. The summed E-state index contributed by atoms with van der Waals surface area (Å²) in [6.07, 6.45) is 3.62. The molecule has 1 N–H and O–H groups in total. The van der Waals surface area contributed by atoms with Crippen LogP contribution in [0.25, 0.3) is 0 Å². The first-order valence-corrected chi connectivity index (χ1v) is 7.64. The molecule has 1 aromatic heterocycles. The van der Waals surface area contributed by atoms with Crippen molar-refractivity contribution in [2.24, 2.45) is 5.92 Å². The van der Waals surface area contributed by atoms with Crippen molar-refractivity contribution in [1.29, 1.82) is 0 Å². The Balaban J connectivity index is 1.67. The molecule has 1 aliphatic heterocycles. The van der Waals surface area contributed by atoms with Crippen LogP contribution in [0.1, 0.15) is 20.8 Å². The second-order valence-electron chi connectivity index (χ2n) is 5.86. The van der Waals surface area contributed by atoms with E-state index in [4.69, 9.17) is 0 Å². The minimum Gasteiger partial charge on any atom is -0.338 e. The molecule has 1 saturated heterocycles. The topological polar surface area (TPSA) is 44.3 Å². The first-order valence-electron chi connectivity index (χ1n) is 7.64. The molecule has 0 radical (unpaired) electrons. The van der Waals surface area contributed by atoms with Gasteiger partial charge in [0.05, 0.1) is 0 Å². The zero-order valence-corrected chi connectivity index (χ0v) is 12.9. The molecule has 1 unspecified atom stereocenters. The highest BCUT2D eigenvalue weighted by atomic mass is 15.3. The first-order chi connectivity index (χ1) is 9.66. The molecule has 1 atom stereocenters. The van der Waals surface area contributed by atoms with E-state index >= 15 is 0 Å². The maximum atomic E-state index is 4.32. The standard InChI is InChI=1S/C15H27N5/c1-13(2)14(3)16-7-8-19-9-11-20(12-10-19)15-17-5-4-6-18-15/h4-6,13-14,16H,7-12H2,1-3H3. The Morgan fingerprint density at radius 2 is 1.75 bits per heavy atom. The molecular weight excluding hydrogens is 250 g/mol. The minimum atomic E-state index is 0.592. The van der Waals surface area contributed by atoms with Crippen LogP contribution in [0.5, 0.6) is 0 Å². The summed E-state index contributed by atoms with van der Waals surface area (Å²) >= 11 is 0. The first kappa shape index (κ1) is 15.2. The van der Waals surface area contributed by atoms with Crippen molar-refractivity contribution in [1.82, 2.24) is 20.2 Å².